The van der Waals surface area contributed by atoms with Gasteiger partial charge in [-0.1, -0.05) is 38.1 Å². The van der Waals surface area contributed by atoms with Crippen LogP contribution < -0.4 is 10.1 Å². The summed E-state index contributed by atoms with van der Waals surface area (Å²) in [4.78, 5) is 28.2. The molecule has 1 amide bonds. The van der Waals surface area contributed by atoms with E-state index < -0.39 is 28.4 Å². The molecule has 0 saturated carbocycles. The number of halogens is 3. The van der Waals surface area contributed by atoms with E-state index in [0.29, 0.717) is 10.1 Å². The number of nitrogens with zero attached hydrogens (tertiary/aromatic N) is 4. The zero-order chi connectivity index (χ0) is 26.9. The zero-order valence-corrected chi connectivity index (χ0v) is 20.0. The number of nitrogens with one attached hydrogen (secondary N) is 1. The molecule has 0 unspecified atom stereocenters. The van der Waals surface area contributed by atoms with Crippen molar-refractivity contribution < 1.29 is 27.6 Å². The van der Waals surface area contributed by atoms with E-state index in [1.807, 2.05) is 13.8 Å². The number of hydrogen-bond acceptors (Lipinski definition) is 6. The van der Waals surface area contributed by atoms with Gasteiger partial charge in [0.15, 0.2) is 11.3 Å². The minimum atomic E-state index is -4.79. The Morgan fingerprint density at radius 3 is 2.46 bits per heavy atom. The third-order valence-electron chi connectivity index (χ3n) is 5.61. The van der Waals surface area contributed by atoms with Crippen LogP contribution in [-0.4, -0.2) is 32.0 Å². The summed E-state index contributed by atoms with van der Waals surface area (Å²) in [6, 6.07) is 11.6. The first-order chi connectivity index (χ1) is 17.5. The number of ether oxygens (including phenoxy) is 1. The van der Waals surface area contributed by atoms with E-state index >= 15 is 0 Å². The van der Waals surface area contributed by atoms with Crippen LogP contribution in [0.3, 0.4) is 0 Å². The second kappa shape index (κ2) is 9.88. The van der Waals surface area contributed by atoms with Crippen molar-refractivity contribution in [1.29, 1.82) is 0 Å². The molecule has 0 atom stereocenters. The van der Waals surface area contributed by atoms with Crippen molar-refractivity contribution >= 4 is 22.9 Å². The molecule has 0 aliphatic carbocycles. The minimum absolute atomic E-state index is 0.00303. The number of fused-ring (bicyclic) bond motifs is 1. The van der Waals surface area contributed by atoms with Crippen LogP contribution >= 0.6 is 0 Å². The summed E-state index contributed by atoms with van der Waals surface area (Å²) in [6.45, 7) is 5.97. The normalized spacial score (nSPS) is 11.6. The molecular weight excluding hydrogens is 491 g/mol. The Hall–Kier alpha value is -4.48. The van der Waals surface area contributed by atoms with Crippen molar-refractivity contribution in [2.24, 2.45) is 0 Å². The molecule has 192 valence electrons. The number of aromatic nitrogens is 3. The van der Waals surface area contributed by atoms with Gasteiger partial charge in [-0.15, -0.1) is 0 Å². The van der Waals surface area contributed by atoms with E-state index in [1.165, 1.54) is 12.1 Å². The summed E-state index contributed by atoms with van der Waals surface area (Å²) in [6.07, 6.45) is -3.85. The van der Waals surface area contributed by atoms with Gasteiger partial charge in [-0.2, -0.15) is 18.3 Å². The third kappa shape index (κ3) is 5.22. The number of nitro benzene ring substituents is 1. The molecule has 2 aromatic heterocycles. The average Bonchev–Trinajstić information content (AvgIpc) is 3.28. The summed E-state index contributed by atoms with van der Waals surface area (Å²) in [5, 5.41) is 17.6. The molecule has 9 nitrogen and oxygen atoms in total. The largest absolute Gasteiger partial charge is 0.494 e. The van der Waals surface area contributed by atoms with Gasteiger partial charge in [0.25, 0.3) is 11.6 Å². The number of carbonyl (C=O) groups is 1. The molecule has 4 aromatic rings. The van der Waals surface area contributed by atoms with Crippen molar-refractivity contribution in [1.82, 2.24) is 14.6 Å². The summed E-state index contributed by atoms with van der Waals surface area (Å²) in [7, 11) is 0. The number of anilines is 1. The number of alkyl halides is 3. The Morgan fingerprint density at radius 1 is 1.16 bits per heavy atom. The highest BCUT2D eigenvalue weighted by atomic mass is 19.4. The topological polar surface area (TPSA) is 112 Å². The predicted octanol–water partition coefficient (Wildman–Crippen LogP) is 6.10. The second-order valence-corrected chi connectivity index (χ2v) is 8.42. The Balaban J connectivity index is 1.79. The lowest BCUT2D eigenvalue weighted by molar-refractivity contribution is -0.384. The van der Waals surface area contributed by atoms with Gasteiger partial charge < -0.3 is 10.1 Å². The van der Waals surface area contributed by atoms with Crippen molar-refractivity contribution in [3.8, 4) is 17.0 Å². The van der Waals surface area contributed by atoms with Crippen LogP contribution in [-0.2, 0) is 6.18 Å². The molecule has 0 aliphatic rings. The van der Waals surface area contributed by atoms with E-state index in [4.69, 9.17) is 4.74 Å². The highest BCUT2D eigenvalue weighted by molar-refractivity contribution is 6.09. The van der Waals surface area contributed by atoms with Crippen LogP contribution in [0.2, 0.25) is 0 Å². The molecule has 0 radical (unpaired) electrons. The van der Waals surface area contributed by atoms with Crippen molar-refractivity contribution in [2.75, 3.05) is 11.9 Å². The number of rotatable bonds is 7. The fourth-order valence-corrected chi connectivity index (χ4v) is 3.73. The Kier molecular flexibility index (Phi) is 6.84. The van der Waals surface area contributed by atoms with Gasteiger partial charge in [0, 0.05) is 5.56 Å². The first-order valence-corrected chi connectivity index (χ1v) is 11.3. The summed E-state index contributed by atoms with van der Waals surface area (Å²) < 4.78 is 47.5. The maximum atomic E-state index is 13.9. The average molecular weight is 513 g/mol. The molecule has 2 aromatic carbocycles. The number of amides is 1. The standard InChI is InChI=1S/C25H22F3N5O4/c1-4-37-17-9-10-19(21(11-17)33(35)36)31-24(34)18-13-29-32-22(25(26,27)28)12-20(30-23(18)32)16-7-5-15(6-8-16)14(2)3/h5-14H,4H2,1-3H3,(H,31,34). The molecule has 12 heteroatoms. The molecule has 4 rings (SSSR count). The molecule has 0 fully saturated rings. The molecule has 0 aliphatic heterocycles. The van der Waals surface area contributed by atoms with Crippen molar-refractivity contribution in [3.05, 3.63) is 81.7 Å². The van der Waals surface area contributed by atoms with Gasteiger partial charge >= 0.3 is 6.18 Å². The fraction of sp³-hybridized carbons (Fsp3) is 0.240. The van der Waals surface area contributed by atoms with Gasteiger partial charge in [0.2, 0.25) is 0 Å². The quantitative estimate of drug-likeness (QED) is 0.236. The lowest BCUT2D eigenvalue weighted by atomic mass is 10.0. The first-order valence-electron chi connectivity index (χ1n) is 11.3. The Labute approximate surface area is 209 Å². The number of benzene rings is 2. The summed E-state index contributed by atoms with van der Waals surface area (Å²) >= 11 is 0. The van der Waals surface area contributed by atoms with E-state index in [2.05, 4.69) is 15.4 Å². The van der Waals surface area contributed by atoms with Crippen LogP contribution in [0.15, 0.2) is 54.7 Å². The lowest BCUT2D eigenvalue weighted by Crippen LogP contribution is -2.16. The van der Waals surface area contributed by atoms with Gasteiger partial charge in [-0.05, 0) is 36.6 Å². The molecule has 0 bridgehead atoms. The Morgan fingerprint density at radius 2 is 1.86 bits per heavy atom. The van der Waals surface area contributed by atoms with E-state index in [-0.39, 0.29) is 40.9 Å². The smallest absolute Gasteiger partial charge is 0.433 e. The van der Waals surface area contributed by atoms with Crippen LogP contribution in [0.1, 0.15) is 48.3 Å². The molecular formula is C25H22F3N5O4. The molecule has 1 N–H and O–H groups in total. The maximum Gasteiger partial charge on any atom is 0.433 e. The third-order valence-corrected chi connectivity index (χ3v) is 5.61. The monoisotopic (exact) mass is 513 g/mol. The van der Waals surface area contributed by atoms with Crippen LogP contribution in [0.4, 0.5) is 24.5 Å². The number of nitro groups is 1. The summed E-state index contributed by atoms with van der Waals surface area (Å²) in [5.74, 6) is -0.449. The van der Waals surface area contributed by atoms with E-state index in [0.717, 1.165) is 23.9 Å². The van der Waals surface area contributed by atoms with Crippen LogP contribution in [0, 0.1) is 10.1 Å². The highest BCUT2D eigenvalue weighted by Gasteiger charge is 2.36. The molecule has 2 heterocycles. The fourth-order valence-electron chi connectivity index (χ4n) is 3.73. The van der Waals surface area contributed by atoms with Crippen molar-refractivity contribution in [3.63, 3.8) is 0 Å². The summed E-state index contributed by atoms with van der Waals surface area (Å²) in [5.41, 5.74) is -0.921. The van der Waals surface area contributed by atoms with Gasteiger partial charge in [-0.3, -0.25) is 14.9 Å². The van der Waals surface area contributed by atoms with Crippen LogP contribution in [0.5, 0.6) is 5.75 Å². The van der Waals surface area contributed by atoms with Gasteiger partial charge in [0.05, 0.1) is 29.5 Å². The van der Waals surface area contributed by atoms with E-state index in [1.54, 1.807) is 31.2 Å². The zero-order valence-electron chi connectivity index (χ0n) is 20.0. The van der Waals surface area contributed by atoms with Crippen LogP contribution in [0.25, 0.3) is 16.9 Å². The first kappa shape index (κ1) is 25.6. The number of hydrogen-bond donors (Lipinski definition) is 1. The SMILES string of the molecule is CCOc1ccc(NC(=O)c2cnn3c(C(F)(F)F)cc(-c4ccc(C(C)C)cc4)nc23)c([N+](=O)[O-])c1. The molecule has 37 heavy (non-hydrogen) atoms. The maximum absolute atomic E-state index is 13.9. The highest BCUT2D eigenvalue weighted by Crippen LogP contribution is 2.34. The van der Waals surface area contributed by atoms with Crippen molar-refractivity contribution in [2.45, 2.75) is 32.9 Å². The van der Waals surface area contributed by atoms with E-state index in [9.17, 15) is 28.1 Å². The second-order valence-electron chi connectivity index (χ2n) is 8.42. The number of carbonyl (C=O) groups excluding carboxylic acids is 1. The minimum Gasteiger partial charge on any atom is -0.494 e. The Bertz CT molecular complexity index is 1480. The molecule has 0 spiro atoms. The molecule has 0 saturated heterocycles. The lowest BCUT2D eigenvalue weighted by Gasteiger charge is -2.12. The van der Waals surface area contributed by atoms with Gasteiger partial charge in [-0.25, -0.2) is 9.50 Å². The predicted molar refractivity (Wildman–Crippen MR) is 130 cm³/mol. The van der Waals surface area contributed by atoms with Gasteiger partial charge in [0.1, 0.15) is 17.0 Å².